The second-order valence-electron chi connectivity index (χ2n) is 6.56. The quantitative estimate of drug-likeness (QED) is 0.712. The van der Waals surface area contributed by atoms with E-state index in [0.29, 0.717) is 19.5 Å². The Labute approximate surface area is 161 Å². The van der Waals surface area contributed by atoms with Gasteiger partial charge in [-0.3, -0.25) is 9.59 Å². The van der Waals surface area contributed by atoms with Crippen molar-refractivity contribution in [3.8, 4) is 0 Å². The second kappa shape index (κ2) is 8.51. The van der Waals surface area contributed by atoms with E-state index in [0.717, 1.165) is 18.1 Å². The molecule has 2 aromatic carbocycles. The van der Waals surface area contributed by atoms with Crippen molar-refractivity contribution in [2.45, 2.75) is 18.9 Å². The van der Waals surface area contributed by atoms with Crippen molar-refractivity contribution in [1.29, 1.82) is 0 Å². The number of carbonyl (C=O) groups is 3. The molecular weight excluding hydrogens is 363 g/mol. The van der Waals surface area contributed by atoms with Gasteiger partial charge < -0.3 is 21.3 Å². The summed E-state index contributed by atoms with van der Waals surface area (Å²) in [5.41, 5.74) is 5.95. The molecule has 28 heavy (non-hydrogen) atoms. The Balaban J connectivity index is 1.75. The van der Waals surface area contributed by atoms with E-state index < -0.39 is 23.8 Å². The van der Waals surface area contributed by atoms with Gasteiger partial charge in [0.05, 0.1) is 11.7 Å². The minimum atomic E-state index is -0.724. The summed E-state index contributed by atoms with van der Waals surface area (Å²) in [6, 6.07) is 11.6. The fourth-order valence-electron chi connectivity index (χ4n) is 3.13. The van der Waals surface area contributed by atoms with Gasteiger partial charge in [-0.1, -0.05) is 30.3 Å². The molecule has 0 saturated carbocycles. The van der Waals surface area contributed by atoms with Crippen molar-refractivity contribution >= 4 is 23.5 Å². The van der Waals surface area contributed by atoms with Gasteiger partial charge in [0.15, 0.2) is 0 Å². The smallest absolute Gasteiger partial charge is 0.319 e. The lowest BCUT2D eigenvalue weighted by molar-refractivity contribution is -0.128. The first kappa shape index (κ1) is 19.3. The molecule has 0 aliphatic carbocycles. The van der Waals surface area contributed by atoms with Gasteiger partial charge >= 0.3 is 6.03 Å². The third-order valence-electron chi connectivity index (χ3n) is 4.58. The summed E-state index contributed by atoms with van der Waals surface area (Å²) in [6.45, 7) is 0.959. The fraction of sp³-hybridized carbons (Fsp3) is 0.250. The Morgan fingerprint density at radius 2 is 1.93 bits per heavy atom. The van der Waals surface area contributed by atoms with Crippen LogP contribution in [0, 0.1) is 5.82 Å². The van der Waals surface area contributed by atoms with Gasteiger partial charge in [-0.15, -0.1) is 0 Å². The van der Waals surface area contributed by atoms with Crippen molar-refractivity contribution < 1.29 is 18.8 Å². The maximum atomic E-state index is 14.0. The van der Waals surface area contributed by atoms with Crippen LogP contribution >= 0.6 is 0 Å². The number of benzene rings is 2. The third-order valence-corrected chi connectivity index (χ3v) is 4.58. The monoisotopic (exact) mass is 384 g/mol. The number of nitrogens with two attached hydrogens (primary N) is 1. The molecule has 4 amide bonds. The predicted octanol–water partition coefficient (Wildman–Crippen LogP) is 2.41. The highest BCUT2D eigenvalue weighted by Gasteiger charge is 2.25. The SMILES string of the molecule is NC(=O)c1ccc(F)c(NC(=O)NC(CN2CCCC2=O)c2ccccc2)c1. The fourth-order valence-corrected chi connectivity index (χ4v) is 3.13. The number of nitrogens with zero attached hydrogens (tertiary/aromatic N) is 1. The average Bonchev–Trinajstić information content (AvgIpc) is 3.08. The molecule has 4 N–H and O–H groups in total. The summed E-state index contributed by atoms with van der Waals surface area (Å²) < 4.78 is 14.0. The molecule has 146 valence electrons. The molecule has 0 spiro atoms. The molecule has 7 nitrogen and oxygen atoms in total. The molecular formula is C20H21FN4O3. The Morgan fingerprint density at radius 1 is 1.18 bits per heavy atom. The number of rotatable bonds is 6. The first-order chi connectivity index (χ1) is 13.4. The van der Waals surface area contributed by atoms with Gasteiger partial charge in [-0.05, 0) is 30.2 Å². The molecule has 0 bridgehead atoms. The Bertz CT molecular complexity index is 888. The summed E-state index contributed by atoms with van der Waals surface area (Å²) in [5.74, 6) is -1.37. The highest BCUT2D eigenvalue weighted by molar-refractivity contribution is 5.96. The van der Waals surface area contributed by atoms with E-state index in [1.54, 1.807) is 4.90 Å². The Hall–Kier alpha value is -3.42. The number of amides is 4. The lowest BCUT2D eigenvalue weighted by Crippen LogP contribution is -2.40. The molecule has 1 unspecified atom stereocenters. The Morgan fingerprint density at radius 3 is 2.57 bits per heavy atom. The van der Waals surface area contributed by atoms with Gasteiger partial charge in [0.2, 0.25) is 11.8 Å². The molecule has 1 saturated heterocycles. The molecule has 1 heterocycles. The number of nitrogens with one attached hydrogen (secondary N) is 2. The maximum absolute atomic E-state index is 14.0. The number of halogens is 1. The van der Waals surface area contributed by atoms with Crippen molar-refractivity contribution in [3.63, 3.8) is 0 Å². The van der Waals surface area contributed by atoms with Crippen molar-refractivity contribution in [3.05, 3.63) is 65.5 Å². The number of likely N-dealkylation sites (tertiary alicyclic amines) is 1. The molecule has 0 radical (unpaired) electrons. The van der Waals surface area contributed by atoms with E-state index in [2.05, 4.69) is 10.6 Å². The minimum Gasteiger partial charge on any atom is -0.366 e. The Kier molecular flexibility index (Phi) is 5.88. The first-order valence-corrected chi connectivity index (χ1v) is 8.93. The van der Waals surface area contributed by atoms with Crippen molar-refractivity contribution in [1.82, 2.24) is 10.2 Å². The summed E-state index contributed by atoms with van der Waals surface area (Å²) >= 11 is 0. The second-order valence-corrected chi connectivity index (χ2v) is 6.56. The molecule has 2 aromatic rings. The maximum Gasteiger partial charge on any atom is 0.319 e. The van der Waals surface area contributed by atoms with Crippen LogP contribution in [0.25, 0.3) is 0 Å². The number of anilines is 1. The summed E-state index contributed by atoms with van der Waals surface area (Å²) in [7, 11) is 0. The van der Waals surface area contributed by atoms with Crippen LogP contribution in [0.3, 0.4) is 0 Å². The van der Waals surface area contributed by atoms with Gasteiger partial charge in [0, 0.05) is 25.1 Å². The van der Waals surface area contributed by atoms with Crippen LogP contribution in [0.4, 0.5) is 14.9 Å². The zero-order chi connectivity index (χ0) is 20.1. The predicted molar refractivity (Wildman–Crippen MR) is 102 cm³/mol. The largest absolute Gasteiger partial charge is 0.366 e. The molecule has 0 aromatic heterocycles. The molecule has 8 heteroatoms. The number of hydrogen-bond donors (Lipinski definition) is 3. The van der Waals surface area contributed by atoms with Crippen LogP contribution < -0.4 is 16.4 Å². The van der Waals surface area contributed by atoms with Gasteiger partial charge in [0.25, 0.3) is 0 Å². The molecule has 3 rings (SSSR count). The minimum absolute atomic E-state index is 0.0448. The van der Waals surface area contributed by atoms with E-state index in [9.17, 15) is 18.8 Å². The third kappa shape index (κ3) is 4.64. The molecule has 1 aliphatic heterocycles. The number of carbonyl (C=O) groups excluding carboxylic acids is 3. The van der Waals surface area contributed by atoms with Crippen LogP contribution in [0.5, 0.6) is 0 Å². The zero-order valence-electron chi connectivity index (χ0n) is 15.2. The molecule has 1 aliphatic rings. The van der Waals surface area contributed by atoms with Crippen LogP contribution in [-0.2, 0) is 4.79 Å². The summed E-state index contributed by atoms with van der Waals surface area (Å²) in [4.78, 5) is 37.4. The number of hydrogen-bond acceptors (Lipinski definition) is 3. The van der Waals surface area contributed by atoms with Crippen molar-refractivity contribution in [2.24, 2.45) is 5.73 Å². The normalized spacial score (nSPS) is 14.6. The highest BCUT2D eigenvalue weighted by atomic mass is 19.1. The van der Waals surface area contributed by atoms with Crippen molar-refractivity contribution in [2.75, 3.05) is 18.4 Å². The van der Waals surface area contributed by atoms with Gasteiger partial charge in [-0.2, -0.15) is 0 Å². The topological polar surface area (TPSA) is 105 Å². The molecule has 1 atom stereocenters. The van der Waals surface area contributed by atoms with Crippen LogP contribution in [0.2, 0.25) is 0 Å². The average molecular weight is 384 g/mol. The van der Waals surface area contributed by atoms with Gasteiger partial charge in [-0.25, -0.2) is 9.18 Å². The number of urea groups is 1. The van der Waals surface area contributed by atoms with Crippen LogP contribution in [-0.4, -0.2) is 35.8 Å². The zero-order valence-corrected chi connectivity index (χ0v) is 15.2. The van der Waals surface area contributed by atoms with E-state index in [-0.39, 0.29) is 17.2 Å². The summed E-state index contributed by atoms with van der Waals surface area (Å²) in [5, 5.41) is 5.18. The highest BCUT2D eigenvalue weighted by Crippen LogP contribution is 2.20. The number of primary amides is 1. The summed E-state index contributed by atoms with van der Waals surface area (Å²) in [6.07, 6.45) is 1.29. The standard InChI is InChI=1S/C20H21FN4O3/c21-15-9-8-14(19(22)27)11-16(15)23-20(28)24-17(13-5-2-1-3-6-13)12-25-10-4-7-18(25)26/h1-3,5-6,8-9,11,17H,4,7,10,12H2,(H2,22,27)(H2,23,24,28). The first-order valence-electron chi connectivity index (χ1n) is 8.93. The lowest BCUT2D eigenvalue weighted by Gasteiger charge is -2.25. The van der Waals surface area contributed by atoms with E-state index in [1.165, 1.54) is 12.1 Å². The van der Waals surface area contributed by atoms with Crippen LogP contribution in [0.15, 0.2) is 48.5 Å². The lowest BCUT2D eigenvalue weighted by atomic mass is 10.1. The van der Waals surface area contributed by atoms with E-state index in [4.69, 9.17) is 5.73 Å². The molecule has 1 fully saturated rings. The van der Waals surface area contributed by atoms with Crippen LogP contribution in [0.1, 0.15) is 34.8 Å². The van der Waals surface area contributed by atoms with E-state index >= 15 is 0 Å². The van der Waals surface area contributed by atoms with E-state index in [1.807, 2.05) is 30.3 Å². The van der Waals surface area contributed by atoms with Gasteiger partial charge in [0.1, 0.15) is 5.82 Å².